The van der Waals surface area contributed by atoms with E-state index in [0.29, 0.717) is 6.04 Å². The van der Waals surface area contributed by atoms with Gasteiger partial charge in [-0.05, 0) is 25.0 Å². The molecule has 2 aromatic rings. The molecule has 0 atom stereocenters. The molecule has 0 radical (unpaired) electrons. The van der Waals surface area contributed by atoms with Gasteiger partial charge in [-0.15, -0.1) is 0 Å². The number of hydrogen-bond acceptors (Lipinski definition) is 2. The topological polar surface area (TPSA) is 29.3 Å². The average Bonchev–Trinajstić information content (AvgIpc) is 2.74. The van der Waals surface area contributed by atoms with Gasteiger partial charge in [0.25, 0.3) is 0 Å². The Morgan fingerprint density at radius 2 is 2.13 bits per heavy atom. The molecule has 3 nitrogen and oxygen atoms in total. The third-order valence-electron chi connectivity index (χ3n) is 2.77. The fourth-order valence-corrected chi connectivity index (χ4v) is 1.77. The number of hydrogen-bond donors (Lipinski definition) is 1. The highest BCUT2D eigenvalue weighted by atomic mass is 15.1. The molecule has 15 heavy (non-hydrogen) atoms. The lowest BCUT2D eigenvalue weighted by Gasteiger charge is -2.17. The Bertz CT molecular complexity index is 429. The van der Waals surface area contributed by atoms with Crippen LogP contribution in [0.2, 0.25) is 0 Å². The lowest BCUT2D eigenvalue weighted by atomic mass is 10.2. The maximum atomic E-state index is 4.26. The van der Waals surface area contributed by atoms with E-state index in [9.17, 15) is 0 Å². The van der Waals surface area contributed by atoms with E-state index < -0.39 is 0 Å². The minimum atomic E-state index is 0.540. The zero-order valence-electron chi connectivity index (χ0n) is 9.27. The Hall–Kier alpha value is -1.51. The lowest BCUT2D eigenvalue weighted by Crippen LogP contribution is -2.18. The fraction of sp³-hybridized carbons (Fsp3) is 0.417. The maximum Gasteiger partial charge on any atom is 0.138 e. The molecule has 80 valence electrons. The van der Waals surface area contributed by atoms with Gasteiger partial charge in [-0.2, -0.15) is 0 Å². The summed E-state index contributed by atoms with van der Waals surface area (Å²) >= 11 is 0. The van der Waals surface area contributed by atoms with Gasteiger partial charge in [-0.25, -0.2) is 4.98 Å². The van der Waals surface area contributed by atoms with E-state index in [-0.39, 0.29) is 0 Å². The van der Waals surface area contributed by atoms with E-state index in [1.807, 2.05) is 24.5 Å². The van der Waals surface area contributed by atoms with Crippen molar-refractivity contribution in [1.29, 1.82) is 0 Å². The summed E-state index contributed by atoms with van der Waals surface area (Å²) in [6.07, 6.45) is 6.09. The first-order valence-corrected chi connectivity index (χ1v) is 5.53. The van der Waals surface area contributed by atoms with E-state index in [2.05, 4.69) is 34.6 Å². The summed E-state index contributed by atoms with van der Waals surface area (Å²) in [7, 11) is 0. The first-order chi connectivity index (χ1) is 7.35. The van der Waals surface area contributed by atoms with Crippen LogP contribution in [0, 0.1) is 0 Å². The van der Waals surface area contributed by atoms with Crippen LogP contribution in [0.1, 0.15) is 26.7 Å². The van der Waals surface area contributed by atoms with Gasteiger partial charge in [0.2, 0.25) is 0 Å². The molecule has 0 aromatic carbocycles. The first-order valence-electron chi connectivity index (χ1n) is 5.53. The van der Waals surface area contributed by atoms with E-state index in [0.717, 1.165) is 24.3 Å². The highest BCUT2D eigenvalue weighted by molar-refractivity contribution is 5.50. The van der Waals surface area contributed by atoms with Crippen molar-refractivity contribution in [2.45, 2.75) is 32.7 Å². The average molecular weight is 203 g/mol. The Kier molecular flexibility index (Phi) is 2.90. The van der Waals surface area contributed by atoms with E-state index in [1.54, 1.807) is 0 Å². The summed E-state index contributed by atoms with van der Waals surface area (Å²) in [6, 6.07) is 6.68. The van der Waals surface area contributed by atoms with Crippen molar-refractivity contribution in [1.82, 2.24) is 9.38 Å². The van der Waals surface area contributed by atoms with Gasteiger partial charge < -0.3 is 5.32 Å². The molecule has 0 bridgehead atoms. The van der Waals surface area contributed by atoms with Gasteiger partial charge in [-0.3, -0.25) is 4.40 Å². The Morgan fingerprint density at radius 3 is 2.87 bits per heavy atom. The molecular formula is C12H17N3. The van der Waals surface area contributed by atoms with Crippen molar-refractivity contribution < 1.29 is 0 Å². The van der Waals surface area contributed by atoms with Gasteiger partial charge in [0.15, 0.2) is 0 Å². The van der Waals surface area contributed by atoms with E-state index in [4.69, 9.17) is 0 Å². The third kappa shape index (κ3) is 1.96. The molecular weight excluding hydrogens is 186 g/mol. The predicted molar refractivity (Wildman–Crippen MR) is 63.2 cm³/mol. The summed E-state index contributed by atoms with van der Waals surface area (Å²) in [5.74, 6) is 1.12. The molecule has 2 rings (SSSR count). The van der Waals surface area contributed by atoms with Crippen LogP contribution in [-0.4, -0.2) is 15.4 Å². The van der Waals surface area contributed by atoms with Crippen LogP contribution < -0.4 is 5.32 Å². The quantitative estimate of drug-likeness (QED) is 0.827. The van der Waals surface area contributed by atoms with Crippen LogP contribution in [0.3, 0.4) is 0 Å². The molecule has 3 heteroatoms. The number of imidazole rings is 1. The molecule has 0 spiro atoms. The normalized spacial score (nSPS) is 11.1. The highest BCUT2D eigenvalue weighted by Crippen LogP contribution is 2.13. The number of anilines is 1. The Balaban J connectivity index is 2.30. The largest absolute Gasteiger partial charge is 0.368 e. The fourth-order valence-electron chi connectivity index (χ4n) is 1.77. The second kappa shape index (κ2) is 4.34. The lowest BCUT2D eigenvalue weighted by molar-refractivity contribution is 0.667. The molecule has 2 heterocycles. The van der Waals surface area contributed by atoms with Gasteiger partial charge in [0, 0.05) is 18.4 Å². The van der Waals surface area contributed by atoms with Gasteiger partial charge in [0.1, 0.15) is 11.5 Å². The minimum Gasteiger partial charge on any atom is -0.368 e. The molecule has 0 saturated heterocycles. The first kappa shape index (κ1) is 10.0. The zero-order chi connectivity index (χ0) is 10.7. The van der Waals surface area contributed by atoms with Crippen LogP contribution in [0.5, 0.6) is 0 Å². The molecule has 2 aromatic heterocycles. The van der Waals surface area contributed by atoms with E-state index >= 15 is 0 Å². The number of nitrogens with zero attached hydrogens (tertiary/aromatic N) is 2. The second-order valence-corrected chi connectivity index (χ2v) is 3.72. The molecule has 0 aliphatic carbocycles. The number of fused-ring (bicyclic) bond motifs is 1. The smallest absolute Gasteiger partial charge is 0.138 e. The van der Waals surface area contributed by atoms with Gasteiger partial charge >= 0.3 is 0 Å². The SMILES string of the molecule is CCC(CC)Nc1cccc2nccn12. The van der Waals surface area contributed by atoms with Crippen LogP contribution in [0.15, 0.2) is 30.6 Å². The summed E-state index contributed by atoms with van der Waals surface area (Å²) in [4.78, 5) is 4.26. The number of pyridine rings is 1. The van der Waals surface area contributed by atoms with Crippen molar-refractivity contribution in [2.24, 2.45) is 0 Å². The van der Waals surface area contributed by atoms with Crippen LogP contribution >= 0.6 is 0 Å². The zero-order valence-corrected chi connectivity index (χ0v) is 9.27. The second-order valence-electron chi connectivity index (χ2n) is 3.72. The van der Waals surface area contributed by atoms with E-state index in [1.165, 1.54) is 0 Å². The summed E-state index contributed by atoms with van der Waals surface area (Å²) < 4.78 is 2.08. The Morgan fingerprint density at radius 1 is 1.33 bits per heavy atom. The van der Waals surface area contributed by atoms with Crippen molar-refractivity contribution in [2.75, 3.05) is 5.32 Å². The molecule has 0 aliphatic heterocycles. The number of rotatable bonds is 4. The Labute approximate surface area is 90.1 Å². The molecule has 0 aliphatic rings. The third-order valence-corrected chi connectivity index (χ3v) is 2.77. The monoisotopic (exact) mass is 203 g/mol. The standard InChI is InChI=1S/C12H17N3/c1-3-10(4-2)14-12-7-5-6-11-13-8-9-15(11)12/h5-10,14H,3-4H2,1-2H3. The summed E-state index contributed by atoms with van der Waals surface area (Å²) in [5, 5.41) is 3.53. The van der Waals surface area contributed by atoms with Gasteiger partial charge in [-0.1, -0.05) is 19.9 Å². The van der Waals surface area contributed by atoms with Gasteiger partial charge in [0.05, 0.1) is 0 Å². The van der Waals surface area contributed by atoms with Crippen molar-refractivity contribution in [3.8, 4) is 0 Å². The molecule has 0 unspecified atom stereocenters. The van der Waals surface area contributed by atoms with Crippen molar-refractivity contribution >= 4 is 11.5 Å². The summed E-state index contributed by atoms with van der Waals surface area (Å²) in [6.45, 7) is 4.41. The number of nitrogens with one attached hydrogen (secondary N) is 1. The molecule has 0 saturated carbocycles. The van der Waals surface area contributed by atoms with Crippen LogP contribution in [0.4, 0.5) is 5.82 Å². The van der Waals surface area contributed by atoms with Crippen molar-refractivity contribution in [3.63, 3.8) is 0 Å². The molecule has 0 amide bonds. The highest BCUT2D eigenvalue weighted by Gasteiger charge is 2.05. The van der Waals surface area contributed by atoms with Crippen LogP contribution in [-0.2, 0) is 0 Å². The predicted octanol–water partition coefficient (Wildman–Crippen LogP) is 2.93. The molecule has 1 N–H and O–H groups in total. The van der Waals surface area contributed by atoms with Crippen LogP contribution in [0.25, 0.3) is 5.65 Å². The molecule has 0 fully saturated rings. The van der Waals surface area contributed by atoms with Crippen molar-refractivity contribution in [3.05, 3.63) is 30.6 Å². The summed E-state index contributed by atoms with van der Waals surface area (Å²) in [5.41, 5.74) is 0.992. The maximum absolute atomic E-state index is 4.26. The minimum absolute atomic E-state index is 0.540. The number of aromatic nitrogens is 2.